The topological polar surface area (TPSA) is 42.2 Å². The number of carboxylic acid groups (broad SMARTS) is 1. The van der Waals surface area contributed by atoms with Gasteiger partial charge in [-0.25, -0.2) is 9.18 Å². The molecule has 0 radical (unpaired) electrons. The van der Waals surface area contributed by atoms with E-state index in [1.807, 2.05) is 13.8 Å². The number of halogens is 1. The normalized spacial score (nSPS) is 10.9. The van der Waals surface area contributed by atoms with E-state index >= 15 is 0 Å². The summed E-state index contributed by atoms with van der Waals surface area (Å²) in [6, 6.07) is 7.62. The molecule has 0 aliphatic rings. The van der Waals surface area contributed by atoms with Crippen LogP contribution in [0.25, 0.3) is 11.1 Å². The van der Waals surface area contributed by atoms with Gasteiger partial charge >= 0.3 is 5.97 Å². The third-order valence-electron chi connectivity index (χ3n) is 2.88. The number of rotatable bonds is 4. The summed E-state index contributed by atoms with van der Waals surface area (Å²) in [5.74, 6) is -0.946. The number of aromatic nitrogens is 1. The Morgan fingerprint density at radius 1 is 1.26 bits per heavy atom. The Balaban J connectivity index is 2.48. The second-order valence-electron chi connectivity index (χ2n) is 4.94. The summed E-state index contributed by atoms with van der Waals surface area (Å²) in [7, 11) is 0. The van der Waals surface area contributed by atoms with E-state index in [1.54, 1.807) is 29.0 Å². The van der Waals surface area contributed by atoms with Crippen molar-refractivity contribution < 1.29 is 14.3 Å². The van der Waals surface area contributed by atoms with Crippen molar-refractivity contribution in [3.63, 3.8) is 0 Å². The van der Waals surface area contributed by atoms with Crippen LogP contribution in [0.5, 0.6) is 0 Å². The van der Waals surface area contributed by atoms with Crippen molar-refractivity contribution in [2.75, 3.05) is 0 Å². The molecule has 0 spiro atoms. The molecule has 0 bridgehead atoms. The van der Waals surface area contributed by atoms with E-state index in [1.165, 1.54) is 12.1 Å². The minimum Gasteiger partial charge on any atom is -0.477 e. The fraction of sp³-hybridized carbons (Fsp3) is 0.267. The van der Waals surface area contributed by atoms with Gasteiger partial charge in [-0.1, -0.05) is 26.0 Å². The Bertz CT molecular complexity index is 585. The van der Waals surface area contributed by atoms with E-state index in [0.717, 1.165) is 0 Å². The Hall–Kier alpha value is -2.10. The van der Waals surface area contributed by atoms with Crippen LogP contribution in [-0.2, 0) is 6.54 Å². The SMILES string of the molecule is CC(C)Cn1ccc(-c2ccc(F)cc2)c1C(=O)O. The Kier molecular flexibility index (Phi) is 3.69. The van der Waals surface area contributed by atoms with Crippen molar-refractivity contribution in [3.8, 4) is 11.1 Å². The van der Waals surface area contributed by atoms with E-state index in [9.17, 15) is 14.3 Å². The zero-order chi connectivity index (χ0) is 14.0. The number of carboxylic acids is 1. The van der Waals surface area contributed by atoms with Gasteiger partial charge in [-0.3, -0.25) is 0 Å². The van der Waals surface area contributed by atoms with Crippen molar-refractivity contribution in [2.24, 2.45) is 5.92 Å². The lowest BCUT2D eigenvalue weighted by Gasteiger charge is -2.10. The van der Waals surface area contributed by atoms with Crippen LogP contribution in [0, 0.1) is 11.7 Å². The van der Waals surface area contributed by atoms with Gasteiger partial charge in [0.1, 0.15) is 11.5 Å². The van der Waals surface area contributed by atoms with Gasteiger partial charge in [0.25, 0.3) is 0 Å². The van der Waals surface area contributed by atoms with Gasteiger partial charge in [-0.05, 0) is 29.7 Å². The van der Waals surface area contributed by atoms with Gasteiger partial charge in [-0.2, -0.15) is 0 Å². The van der Waals surface area contributed by atoms with Crippen molar-refractivity contribution in [1.29, 1.82) is 0 Å². The molecule has 0 aliphatic carbocycles. The van der Waals surface area contributed by atoms with Crippen molar-refractivity contribution >= 4 is 5.97 Å². The molecule has 1 aromatic carbocycles. The Labute approximate surface area is 111 Å². The highest BCUT2D eigenvalue weighted by atomic mass is 19.1. The van der Waals surface area contributed by atoms with Crippen LogP contribution in [0.4, 0.5) is 4.39 Å². The van der Waals surface area contributed by atoms with Crippen LogP contribution in [0.1, 0.15) is 24.3 Å². The second-order valence-corrected chi connectivity index (χ2v) is 4.94. The van der Waals surface area contributed by atoms with Gasteiger partial charge in [0.05, 0.1) is 0 Å². The van der Waals surface area contributed by atoms with Crippen LogP contribution in [-0.4, -0.2) is 15.6 Å². The smallest absolute Gasteiger partial charge is 0.353 e. The summed E-state index contributed by atoms with van der Waals surface area (Å²) in [6.07, 6.45) is 1.77. The minimum atomic E-state index is -0.968. The van der Waals surface area contributed by atoms with E-state index in [0.29, 0.717) is 23.6 Å². The van der Waals surface area contributed by atoms with E-state index in [-0.39, 0.29) is 11.5 Å². The molecule has 0 unspecified atom stereocenters. The average molecular weight is 261 g/mol. The molecule has 19 heavy (non-hydrogen) atoms. The van der Waals surface area contributed by atoms with Gasteiger partial charge in [0.2, 0.25) is 0 Å². The molecule has 0 saturated carbocycles. The van der Waals surface area contributed by atoms with E-state index in [4.69, 9.17) is 0 Å². The molecule has 2 aromatic rings. The average Bonchev–Trinajstić information content (AvgIpc) is 2.73. The van der Waals surface area contributed by atoms with Crippen LogP contribution in [0.3, 0.4) is 0 Å². The van der Waals surface area contributed by atoms with Crippen molar-refractivity contribution in [2.45, 2.75) is 20.4 Å². The van der Waals surface area contributed by atoms with E-state index < -0.39 is 5.97 Å². The van der Waals surface area contributed by atoms with Crippen molar-refractivity contribution in [1.82, 2.24) is 4.57 Å². The molecule has 0 aliphatic heterocycles. The highest BCUT2D eigenvalue weighted by Gasteiger charge is 2.17. The van der Waals surface area contributed by atoms with Gasteiger partial charge < -0.3 is 9.67 Å². The second kappa shape index (κ2) is 5.26. The van der Waals surface area contributed by atoms with Crippen LogP contribution in [0.15, 0.2) is 36.5 Å². The summed E-state index contributed by atoms with van der Waals surface area (Å²) in [6.45, 7) is 4.70. The molecule has 4 heteroatoms. The largest absolute Gasteiger partial charge is 0.477 e. The Morgan fingerprint density at radius 2 is 1.89 bits per heavy atom. The molecular formula is C15H16FNO2. The lowest BCUT2D eigenvalue weighted by molar-refractivity contribution is 0.0685. The van der Waals surface area contributed by atoms with Gasteiger partial charge in [-0.15, -0.1) is 0 Å². The maximum absolute atomic E-state index is 12.9. The number of nitrogens with zero attached hydrogens (tertiary/aromatic N) is 1. The molecule has 0 saturated heterocycles. The van der Waals surface area contributed by atoms with E-state index in [2.05, 4.69) is 0 Å². The predicted molar refractivity (Wildman–Crippen MR) is 71.6 cm³/mol. The van der Waals surface area contributed by atoms with Gasteiger partial charge in [0, 0.05) is 18.3 Å². The molecule has 1 heterocycles. The molecular weight excluding hydrogens is 245 g/mol. The van der Waals surface area contributed by atoms with Crippen LogP contribution in [0.2, 0.25) is 0 Å². The number of carbonyl (C=O) groups is 1. The first-order valence-electron chi connectivity index (χ1n) is 6.17. The first-order valence-corrected chi connectivity index (χ1v) is 6.17. The lowest BCUT2D eigenvalue weighted by Crippen LogP contribution is -2.12. The summed E-state index contributed by atoms with van der Waals surface area (Å²) in [4.78, 5) is 11.4. The third-order valence-corrected chi connectivity index (χ3v) is 2.88. The number of aromatic carboxylic acids is 1. The molecule has 3 nitrogen and oxygen atoms in total. The molecule has 0 fully saturated rings. The van der Waals surface area contributed by atoms with Crippen LogP contribution >= 0.6 is 0 Å². The maximum Gasteiger partial charge on any atom is 0.353 e. The molecule has 100 valence electrons. The van der Waals surface area contributed by atoms with Gasteiger partial charge in [0.15, 0.2) is 0 Å². The third kappa shape index (κ3) is 2.84. The Morgan fingerprint density at radius 3 is 2.42 bits per heavy atom. The fourth-order valence-electron chi connectivity index (χ4n) is 2.12. The lowest BCUT2D eigenvalue weighted by atomic mass is 10.1. The molecule has 2 rings (SSSR count). The highest BCUT2D eigenvalue weighted by Crippen LogP contribution is 2.26. The predicted octanol–water partition coefficient (Wildman–Crippen LogP) is 3.65. The number of benzene rings is 1. The standard InChI is InChI=1S/C15H16FNO2/c1-10(2)9-17-8-7-13(14(17)15(18)19)11-3-5-12(16)6-4-11/h3-8,10H,9H2,1-2H3,(H,18,19). The maximum atomic E-state index is 12.9. The molecule has 1 aromatic heterocycles. The summed E-state index contributed by atoms with van der Waals surface area (Å²) >= 11 is 0. The number of hydrogen-bond donors (Lipinski definition) is 1. The zero-order valence-electron chi connectivity index (χ0n) is 10.9. The first kappa shape index (κ1) is 13.3. The first-order chi connectivity index (χ1) is 8.99. The van der Waals surface area contributed by atoms with Crippen LogP contribution < -0.4 is 0 Å². The van der Waals surface area contributed by atoms with Crippen molar-refractivity contribution in [3.05, 3.63) is 48.0 Å². The number of hydrogen-bond acceptors (Lipinski definition) is 1. The quantitative estimate of drug-likeness (QED) is 0.912. The molecule has 0 amide bonds. The summed E-state index contributed by atoms with van der Waals surface area (Å²) < 4.78 is 14.6. The minimum absolute atomic E-state index is 0.250. The molecule has 1 N–H and O–H groups in total. The molecule has 0 atom stereocenters. The fourth-order valence-corrected chi connectivity index (χ4v) is 2.12. The highest BCUT2D eigenvalue weighted by molar-refractivity contribution is 5.94. The zero-order valence-corrected chi connectivity index (χ0v) is 10.9. The monoisotopic (exact) mass is 261 g/mol. The summed E-state index contributed by atoms with van der Waals surface area (Å²) in [5.41, 5.74) is 1.58. The summed E-state index contributed by atoms with van der Waals surface area (Å²) in [5, 5.41) is 9.37.